The van der Waals surface area contributed by atoms with Gasteiger partial charge in [-0.2, -0.15) is 0 Å². The molecule has 2 rings (SSSR count). The Morgan fingerprint density at radius 1 is 1.56 bits per heavy atom. The minimum absolute atomic E-state index is 0.136. The molecule has 2 unspecified atom stereocenters. The summed E-state index contributed by atoms with van der Waals surface area (Å²) in [6, 6.07) is 2.59. The van der Waals surface area contributed by atoms with Crippen molar-refractivity contribution in [3.63, 3.8) is 0 Å². The smallest absolute Gasteiger partial charge is 0.0583 e. The summed E-state index contributed by atoms with van der Waals surface area (Å²) < 4.78 is 0. The van der Waals surface area contributed by atoms with Gasteiger partial charge in [0, 0.05) is 30.6 Å². The largest absolute Gasteiger partial charge is 0.304 e. The first-order valence-corrected chi connectivity index (χ1v) is 7.45. The minimum Gasteiger partial charge on any atom is -0.304 e. The Balaban J connectivity index is 2.04. The lowest BCUT2D eigenvalue weighted by Gasteiger charge is -2.39. The second-order valence-corrected chi connectivity index (χ2v) is 6.34. The Hall–Kier alpha value is -0.170. The highest BCUT2D eigenvalue weighted by atomic mass is 35.5. The fourth-order valence-corrected chi connectivity index (χ4v) is 3.70. The number of nitrogens with one attached hydrogen (secondary N) is 1. The molecule has 3 N–H and O–H groups in total. The molecule has 1 aromatic heterocycles. The molecule has 1 saturated heterocycles. The molecule has 1 aliphatic heterocycles. The fourth-order valence-electron chi connectivity index (χ4n) is 2.43. The highest BCUT2D eigenvalue weighted by Crippen LogP contribution is 2.31. The van der Waals surface area contributed by atoms with Crippen LogP contribution < -0.4 is 11.3 Å². The second kappa shape index (κ2) is 6.32. The maximum atomic E-state index is 6.19. The van der Waals surface area contributed by atoms with Crippen LogP contribution in [-0.2, 0) is 0 Å². The molecule has 18 heavy (non-hydrogen) atoms. The predicted octanol–water partition coefficient (Wildman–Crippen LogP) is 1.54. The van der Waals surface area contributed by atoms with Crippen LogP contribution in [0.3, 0.4) is 0 Å². The van der Waals surface area contributed by atoms with Gasteiger partial charge >= 0.3 is 0 Å². The van der Waals surface area contributed by atoms with Crippen molar-refractivity contribution >= 4 is 22.9 Å². The van der Waals surface area contributed by atoms with Gasteiger partial charge in [0.1, 0.15) is 0 Å². The molecule has 0 saturated carbocycles. The highest BCUT2D eigenvalue weighted by Gasteiger charge is 2.26. The van der Waals surface area contributed by atoms with Crippen LogP contribution in [-0.4, -0.2) is 49.6 Å². The standard InChI is InChI=1S/C12H21ClN4S/c1-16-4-5-17(2)9(8-16)7-11(15-14)12-10(13)3-6-18-12/h3,6,9,11,15H,4-5,7-8,14H2,1-2H3. The van der Waals surface area contributed by atoms with Crippen LogP contribution >= 0.6 is 22.9 Å². The first-order chi connectivity index (χ1) is 8.61. The summed E-state index contributed by atoms with van der Waals surface area (Å²) >= 11 is 7.85. The number of rotatable bonds is 4. The van der Waals surface area contributed by atoms with Gasteiger partial charge in [0.15, 0.2) is 0 Å². The van der Waals surface area contributed by atoms with E-state index in [1.54, 1.807) is 11.3 Å². The molecule has 1 fully saturated rings. The van der Waals surface area contributed by atoms with Gasteiger partial charge in [0.2, 0.25) is 0 Å². The van der Waals surface area contributed by atoms with Crippen molar-refractivity contribution in [2.75, 3.05) is 33.7 Å². The number of piperazine rings is 1. The lowest BCUT2D eigenvalue weighted by Crippen LogP contribution is -2.51. The van der Waals surface area contributed by atoms with Crippen molar-refractivity contribution in [2.45, 2.75) is 18.5 Å². The zero-order chi connectivity index (χ0) is 13.1. The molecule has 4 nitrogen and oxygen atoms in total. The molecule has 102 valence electrons. The van der Waals surface area contributed by atoms with Crippen molar-refractivity contribution < 1.29 is 0 Å². The van der Waals surface area contributed by atoms with Gasteiger partial charge in [-0.1, -0.05) is 11.6 Å². The fraction of sp³-hybridized carbons (Fsp3) is 0.667. The Morgan fingerprint density at radius 3 is 2.94 bits per heavy atom. The third-order valence-corrected chi connectivity index (χ3v) is 5.12. The summed E-state index contributed by atoms with van der Waals surface area (Å²) in [5.74, 6) is 5.70. The van der Waals surface area contributed by atoms with E-state index in [1.807, 2.05) is 11.4 Å². The average Bonchev–Trinajstić information content (AvgIpc) is 2.77. The summed E-state index contributed by atoms with van der Waals surface area (Å²) in [5.41, 5.74) is 2.91. The molecule has 0 spiro atoms. The Labute approximate surface area is 118 Å². The number of likely N-dealkylation sites (N-methyl/N-ethyl adjacent to an activating group) is 2. The molecule has 0 aromatic carbocycles. The van der Waals surface area contributed by atoms with Crippen molar-refractivity contribution in [1.29, 1.82) is 0 Å². The number of halogens is 1. The van der Waals surface area contributed by atoms with Crippen LogP contribution in [0.5, 0.6) is 0 Å². The normalized spacial score (nSPS) is 24.3. The third kappa shape index (κ3) is 3.23. The van der Waals surface area contributed by atoms with E-state index in [0.717, 1.165) is 36.0 Å². The van der Waals surface area contributed by atoms with Crippen LogP contribution in [0.25, 0.3) is 0 Å². The third-order valence-electron chi connectivity index (χ3n) is 3.65. The van der Waals surface area contributed by atoms with Gasteiger partial charge in [-0.3, -0.25) is 11.3 Å². The number of hydrogen-bond acceptors (Lipinski definition) is 5. The van der Waals surface area contributed by atoms with Gasteiger partial charge < -0.3 is 9.80 Å². The van der Waals surface area contributed by atoms with Gasteiger partial charge in [-0.15, -0.1) is 11.3 Å². The maximum absolute atomic E-state index is 6.19. The van der Waals surface area contributed by atoms with Gasteiger partial charge in [0.25, 0.3) is 0 Å². The van der Waals surface area contributed by atoms with Gasteiger partial charge in [-0.25, -0.2) is 0 Å². The van der Waals surface area contributed by atoms with Crippen LogP contribution in [0.4, 0.5) is 0 Å². The molecule has 0 bridgehead atoms. The minimum atomic E-state index is 0.136. The molecular weight excluding hydrogens is 268 g/mol. The van der Waals surface area contributed by atoms with Crippen molar-refractivity contribution in [2.24, 2.45) is 5.84 Å². The first kappa shape index (κ1) is 14.2. The SMILES string of the molecule is CN1CCN(C)C(CC(NN)c2sccc2Cl)C1. The average molecular weight is 289 g/mol. The number of hydrazine groups is 1. The Bertz CT molecular complexity index is 384. The van der Waals surface area contributed by atoms with E-state index < -0.39 is 0 Å². The monoisotopic (exact) mass is 288 g/mol. The van der Waals surface area contributed by atoms with Crippen molar-refractivity contribution in [3.05, 3.63) is 21.3 Å². The van der Waals surface area contributed by atoms with Crippen molar-refractivity contribution in [1.82, 2.24) is 15.2 Å². The summed E-state index contributed by atoms with van der Waals surface area (Å²) in [7, 11) is 4.35. The van der Waals surface area contributed by atoms with Crippen LogP contribution in [0.2, 0.25) is 5.02 Å². The summed E-state index contributed by atoms with van der Waals surface area (Å²) in [5, 5.41) is 2.83. The van der Waals surface area contributed by atoms with E-state index in [1.165, 1.54) is 0 Å². The zero-order valence-corrected chi connectivity index (χ0v) is 12.5. The van der Waals surface area contributed by atoms with Crippen LogP contribution in [0.1, 0.15) is 17.3 Å². The van der Waals surface area contributed by atoms with E-state index in [-0.39, 0.29) is 6.04 Å². The molecule has 1 aromatic rings. The zero-order valence-electron chi connectivity index (χ0n) is 10.9. The van der Waals surface area contributed by atoms with E-state index >= 15 is 0 Å². The van der Waals surface area contributed by atoms with Crippen LogP contribution in [0, 0.1) is 0 Å². The molecule has 0 aliphatic carbocycles. The number of hydrogen-bond donors (Lipinski definition) is 2. The van der Waals surface area contributed by atoms with E-state index in [4.69, 9.17) is 17.4 Å². The quantitative estimate of drug-likeness (QED) is 0.652. The highest BCUT2D eigenvalue weighted by molar-refractivity contribution is 7.10. The van der Waals surface area contributed by atoms with Crippen molar-refractivity contribution in [3.8, 4) is 0 Å². The molecule has 1 aliphatic rings. The number of nitrogens with zero attached hydrogens (tertiary/aromatic N) is 2. The molecule has 2 atom stereocenters. The summed E-state index contributed by atoms with van der Waals surface area (Å²) in [4.78, 5) is 5.92. The van der Waals surface area contributed by atoms with Gasteiger partial charge in [0.05, 0.1) is 11.1 Å². The Morgan fingerprint density at radius 2 is 2.33 bits per heavy atom. The van der Waals surface area contributed by atoms with E-state index in [9.17, 15) is 0 Å². The maximum Gasteiger partial charge on any atom is 0.0583 e. The van der Waals surface area contributed by atoms with Gasteiger partial charge in [-0.05, 0) is 32.0 Å². The van der Waals surface area contributed by atoms with E-state index in [0.29, 0.717) is 6.04 Å². The molecule has 6 heteroatoms. The molecule has 0 radical (unpaired) electrons. The predicted molar refractivity (Wildman–Crippen MR) is 77.9 cm³/mol. The summed E-state index contributed by atoms with van der Waals surface area (Å²) in [6.45, 7) is 3.32. The van der Waals surface area contributed by atoms with E-state index in [2.05, 4.69) is 29.3 Å². The second-order valence-electron chi connectivity index (χ2n) is 4.98. The number of thiophene rings is 1. The Kier molecular flexibility index (Phi) is 5.00. The molecule has 0 amide bonds. The molecular formula is C12H21ClN4S. The molecule has 2 heterocycles. The first-order valence-electron chi connectivity index (χ1n) is 6.19. The summed E-state index contributed by atoms with van der Waals surface area (Å²) in [6.07, 6.45) is 0.984. The lowest BCUT2D eigenvalue weighted by molar-refractivity contribution is 0.101. The number of nitrogens with two attached hydrogens (primary N) is 1. The van der Waals surface area contributed by atoms with Crippen LogP contribution in [0.15, 0.2) is 11.4 Å². The lowest BCUT2D eigenvalue weighted by atomic mass is 10.0. The topological polar surface area (TPSA) is 44.5 Å².